The molecule has 1 fully saturated rings. The Balaban J connectivity index is 1.54. The summed E-state index contributed by atoms with van der Waals surface area (Å²) >= 11 is 0. The summed E-state index contributed by atoms with van der Waals surface area (Å²) in [5.41, 5.74) is -1.73. The highest BCUT2D eigenvalue weighted by atomic mass is 32.2. The first-order valence-electron chi connectivity index (χ1n) is 13.0. The number of imide groups is 1. The Bertz CT molecular complexity index is 1770. The molecule has 3 N–H and O–H groups in total. The van der Waals surface area contributed by atoms with E-state index in [0.717, 1.165) is 12.1 Å². The molecule has 0 bridgehead atoms. The minimum absolute atomic E-state index is 0.0894. The second kappa shape index (κ2) is 12.0. The number of hydrogen-bond donors (Lipinski definition) is 3. The van der Waals surface area contributed by atoms with Gasteiger partial charge in [-0.1, -0.05) is 18.2 Å². The lowest BCUT2D eigenvalue weighted by molar-refractivity contribution is -0.137. The van der Waals surface area contributed by atoms with E-state index in [1.165, 1.54) is 36.9 Å². The van der Waals surface area contributed by atoms with Crippen LogP contribution in [0.3, 0.4) is 0 Å². The van der Waals surface area contributed by atoms with Gasteiger partial charge in [-0.05, 0) is 67.9 Å². The molecule has 44 heavy (non-hydrogen) atoms. The van der Waals surface area contributed by atoms with Gasteiger partial charge in [0.05, 0.1) is 35.2 Å². The van der Waals surface area contributed by atoms with Gasteiger partial charge in [0.25, 0.3) is 21.9 Å². The van der Waals surface area contributed by atoms with E-state index in [9.17, 15) is 36.0 Å². The van der Waals surface area contributed by atoms with Crippen LogP contribution in [0.15, 0.2) is 66.7 Å². The van der Waals surface area contributed by atoms with Gasteiger partial charge in [0.15, 0.2) is 0 Å². The number of alkyl halides is 3. The molecular weight excluding hydrogens is 603 g/mol. The molecule has 1 heterocycles. The summed E-state index contributed by atoms with van der Waals surface area (Å²) in [5, 5.41) is 14.7. The molecule has 1 saturated heterocycles. The standard InChI is InChI=1S/C29H26F3N5O6S/c1-28(2)26(39)37(22-12-9-19(16-33)23(15-22)29(30,31)32)27(40)36(28)17-20-5-3-4-6-24(20)35-21-10-7-18(8-11-21)25(38)34-13-14-44(41,42)43/h3-12,15,35H,13-14,17H2,1-2H3,(H,34,38)(H,41,42,43). The van der Waals surface area contributed by atoms with Crippen molar-refractivity contribution >= 4 is 45.0 Å². The van der Waals surface area contributed by atoms with E-state index in [1.54, 1.807) is 36.4 Å². The lowest BCUT2D eigenvalue weighted by atomic mass is 10.0. The molecule has 0 aromatic heterocycles. The minimum atomic E-state index is -4.88. The van der Waals surface area contributed by atoms with Crippen molar-refractivity contribution in [3.63, 3.8) is 0 Å². The van der Waals surface area contributed by atoms with Crippen LogP contribution >= 0.6 is 0 Å². The number of carbonyl (C=O) groups is 3. The fraction of sp³-hybridized carbons (Fsp3) is 0.241. The second-order valence-electron chi connectivity index (χ2n) is 10.3. The molecule has 0 radical (unpaired) electrons. The van der Waals surface area contributed by atoms with E-state index < -0.39 is 56.6 Å². The fourth-order valence-electron chi connectivity index (χ4n) is 4.54. The predicted molar refractivity (Wildman–Crippen MR) is 154 cm³/mol. The van der Waals surface area contributed by atoms with Crippen LogP contribution in [0, 0.1) is 11.3 Å². The largest absolute Gasteiger partial charge is 0.417 e. The quantitative estimate of drug-likeness (QED) is 0.227. The number of amides is 4. The topological polar surface area (TPSA) is 160 Å². The zero-order chi connectivity index (χ0) is 32.4. The van der Waals surface area contributed by atoms with Gasteiger partial charge in [0.2, 0.25) is 0 Å². The zero-order valence-electron chi connectivity index (χ0n) is 23.3. The van der Waals surface area contributed by atoms with Crippen LogP contribution in [0.25, 0.3) is 0 Å². The lowest BCUT2D eigenvalue weighted by Gasteiger charge is -2.28. The molecule has 0 unspecified atom stereocenters. The number of urea groups is 1. The van der Waals surface area contributed by atoms with Crippen molar-refractivity contribution < 1.29 is 40.5 Å². The zero-order valence-corrected chi connectivity index (χ0v) is 24.2. The Morgan fingerprint density at radius 2 is 1.70 bits per heavy atom. The summed E-state index contributed by atoms with van der Waals surface area (Å²) in [6.07, 6.45) is -4.88. The molecule has 1 aliphatic rings. The van der Waals surface area contributed by atoms with E-state index in [0.29, 0.717) is 27.9 Å². The highest BCUT2D eigenvalue weighted by molar-refractivity contribution is 7.85. The van der Waals surface area contributed by atoms with Gasteiger partial charge >= 0.3 is 12.2 Å². The van der Waals surface area contributed by atoms with Gasteiger partial charge in [-0.25, -0.2) is 9.69 Å². The molecule has 4 rings (SSSR count). The van der Waals surface area contributed by atoms with Gasteiger partial charge < -0.3 is 15.5 Å². The van der Waals surface area contributed by atoms with Crippen LogP contribution in [0.2, 0.25) is 0 Å². The SMILES string of the molecule is CC1(C)C(=O)N(c2ccc(C#N)c(C(F)(F)F)c2)C(=O)N1Cc1ccccc1Nc1ccc(C(=O)NCCS(=O)(=O)O)cc1. The molecule has 4 amide bonds. The van der Waals surface area contributed by atoms with Crippen molar-refractivity contribution in [3.8, 4) is 6.07 Å². The van der Waals surface area contributed by atoms with E-state index in [1.807, 2.05) is 0 Å². The summed E-state index contributed by atoms with van der Waals surface area (Å²) in [5.74, 6) is -1.91. The summed E-state index contributed by atoms with van der Waals surface area (Å²) in [6, 6.07) is 16.3. The Hall–Kier alpha value is -4.94. The first kappa shape index (κ1) is 32.0. The van der Waals surface area contributed by atoms with Crippen molar-refractivity contribution in [1.29, 1.82) is 5.26 Å². The van der Waals surface area contributed by atoms with Gasteiger partial charge in [-0.15, -0.1) is 0 Å². The lowest BCUT2D eigenvalue weighted by Crippen LogP contribution is -2.43. The van der Waals surface area contributed by atoms with Crippen molar-refractivity contribution in [2.45, 2.75) is 32.1 Å². The number of nitrogens with zero attached hydrogens (tertiary/aromatic N) is 3. The van der Waals surface area contributed by atoms with Crippen LogP contribution < -0.4 is 15.5 Å². The first-order chi connectivity index (χ1) is 20.5. The van der Waals surface area contributed by atoms with Crippen molar-refractivity contribution in [1.82, 2.24) is 10.2 Å². The number of carbonyl (C=O) groups excluding carboxylic acids is 3. The van der Waals surface area contributed by atoms with Gasteiger partial charge in [-0.2, -0.15) is 26.9 Å². The Kier molecular flexibility index (Phi) is 8.71. The number of nitriles is 1. The number of para-hydroxylation sites is 1. The number of benzene rings is 3. The molecule has 3 aromatic rings. The summed E-state index contributed by atoms with van der Waals surface area (Å²) in [4.78, 5) is 41.0. The van der Waals surface area contributed by atoms with Crippen LogP contribution in [0.1, 0.15) is 40.9 Å². The number of rotatable bonds is 9. The van der Waals surface area contributed by atoms with E-state index in [4.69, 9.17) is 9.81 Å². The van der Waals surface area contributed by atoms with Gasteiger partial charge in [0, 0.05) is 23.5 Å². The third-order valence-corrected chi connectivity index (χ3v) is 7.65. The Morgan fingerprint density at radius 1 is 1.05 bits per heavy atom. The molecule has 0 spiro atoms. The van der Waals surface area contributed by atoms with Crippen LogP contribution in [0.5, 0.6) is 0 Å². The van der Waals surface area contributed by atoms with Crippen LogP contribution in [-0.2, 0) is 27.6 Å². The van der Waals surface area contributed by atoms with E-state index in [2.05, 4.69) is 10.6 Å². The molecule has 1 aliphatic heterocycles. The third-order valence-electron chi connectivity index (χ3n) is 6.93. The molecule has 15 heteroatoms. The predicted octanol–water partition coefficient (Wildman–Crippen LogP) is 4.69. The highest BCUT2D eigenvalue weighted by Crippen LogP contribution is 2.38. The maximum atomic E-state index is 13.6. The monoisotopic (exact) mass is 629 g/mol. The summed E-state index contributed by atoms with van der Waals surface area (Å²) in [6.45, 7) is 2.60. The van der Waals surface area contributed by atoms with Crippen LogP contribution in [0.4, 0.5) is 35.0 Å². The smallest absolute Gasteiger partial charge is 0.355 e. The van der Waals surface area contributed by atoms with Gasteiger partial charge in [-0.3, -0.25) is 14.1 Å². The fourth-order valence-corrected chi connectivity index (χ4v) is 4.90. The minimum Gasteiger partial charge on any atom is -0.355 e. The molecule has 0 saturated carbocycles. The van der Waals surface area contributed by atoms with Crippen molar-refractivity contribution in [3.05, 3.63) is 89.0 Å². The highest BCUT2D eigenvalue weighted by Gasteiger charge is 2.52. The van der Waals surface area contributed by atoms with Gasteiger partial charge in [0.1, 0.15) is 5.54 Å². The number of hydrogen-bond acceptors (Lipinski definition) is 7. The molecule has 0 atom stereocenters. The maximum absolute atomic E-state index is 13.6. The Morgan fingerprint density at radius 3 is 2.32 bits per heavy atom. The van der Waals surface area contributed by atoms with E-state index >= 15 is 0 Å². The van der Waals surface area contributed by atoms with Crippen LogP contribution in [-0.4, -0.2) is 53.6 Å². The molecule has 0 aliphatic carbocycles. The summed E-state index contributed by atoms with van der Waals surface area (Å²) < 4.78 is 71.2. The molecule has 230 valence electrons. The number of halogens is 3. The Labute approximate surface area is 250 Å². The van der Waals surface area contributed by atoms with E-state index in [-0.39, 0.29) is 24.3 Å². The number of anilines is 3. The average Bonchev–Trinajstić information content (AvgIpc) is 3.11. The van der Waals surface area contributed by atoms with Crippen molar-refractivity contribution in [2.75, 3.05) is 22.5 Å². The third kappa shape index (κ3) is 6.82. The van der Waals surface area contributed by atoms with Crippen molar-refractivity contribution in [2.24, 2.45) is 0 Å². The molecular formula is C29H26F3N5O6S. The second-order valence-corrected chi connectivity index (χ2v) is 11.9. The molecule has 3 aromatic carbocycles. The normalized spacial score (nSPS) is 14.8. The first-order valence-corrected chi connectivity index (χ1v) is 14.6. The average molecular weight is 630 g/mol. The number of nitrogens with one attached hydrogen (secondary N) is 2. The maximum Gasteiger partial charge on any atom is 0.417 e. The molecule has 11 nitrogen and oxygen atoms in total. The summed E-state index contributed by atoms with van der Waals surface area (Å²) in [7, 11) is -4.22.